The van der Waals surface area contributed by atoms with Gasteiger partial charge in [-0.3, -0.25) is 9.47 Å². The SMILES string of the molecule is COc1cccc(CN(C)Cn2nc(N3CCOCC3)n(Cc3ccccc3)c2=S)c1. The average Bonchev–Trinajstić information content (AvgIpc) is 3.10. The van der Waals surface area contributed by atoms with Crippen LogP contribution in [-0.4, -0.2) is 59.7 Å². The molecular weight excluding hydrogens is 410 g/mol. The normalized spacial score (nSPS) is 14.2. The van der Waals surface area contributed by atoms with Gasteiger partial charge >= 0.3 is 0 Å². The fourth-order valence-electron chi connectivity index (χ4n) is 3.78. The quantitative estimate of drug-likeness (QED) is 0.502. The highest BCUT2D eigenvalue weighted by Crippen LogP contribution is 2.19. The van der Waals surface area contributed by atoms with E-state index in [2.05, 4.69) is 57.8 Å². The van der Waals surface area contributed by atoms with Gasteiger partial charge in [-0.2, -0.15) is 0 Å². The van der Waals surface area contributed by atoms with Crippen LogP contribution in [0.2, 0.25) is 0 Å². The second-order valence-electron chi connectivity index (χ2n) is 7.76. The zero-order valence-corrected chi connectivity index (χ0v) is 18.9. The van der Waals surface area contributed by atoms with Crippen molar-refractivity contribution in [1.29, 1.82) is 0 Å². The minimum atomic E-state index is 0.606. The van der Waals surface area contributed by atoms with Crippen LogP contribution >= 0.6 is 12.2 Å². The number of rotatable bonds is 8. The van der Waals surface area contributed by atoms with Crippen molar-refractivity contribution >= 4 is 18.2 Å². The van der Waals surface area contributed by atoms with E-state index in [4.69, 9.17) is 26.8 Å². The van der Waals surface area contributed by atoms with Crippen molar-refractivity contribution < 1.29 is 9.47 Å². The second-order valence-corrected chi connectivity index (χ2v) is 8.13. The van der Waals surface area contributed by atoms with Gasteiger partial charge in [-0.05, 0) is 42.5 Å². The molecule has 0 atom stereocenters. The first-order valence-corrected chi connectivity index (χ1v) is 10.9. The fraction of sp³-hybridized carbons (Fsp3) is 0.391. The van der Waals surface area contributed by atoms with Gasteiger partial charge in [0.2, 0.25) is 10.7 Å². The molecular formula is C23H29N5O2S. The van der Waals surface area contributed by atoms with Crippen LogP contribution in [0.3, 0.4) is 0 Å². The smallest absolute Gasteiger partial charge is 0.226 e. The van der Waals surface area contributed by atoms with Crippen molar-refractivity contribution in [2.24, 2.45) is 0 Å². The van der Waals surface area contributed by atoms with Gasteiger partial charge in [0.05, 0.1) is 33.5 Å². The van der Waals surface area contributed by atoms with Crippen molar-refractivity contribution in [1.82, 2.24) is 19.2 Å². The maximum absolute atomic E-state index is 5.86. The summed E-state index contributed by atoms with van der Waals surface area (Å²) >= 11 is 5.86. The summed E-state index contributed by atoms with van der Waals surface area (Å²) in [4.78, 5) is 4.47. The first-order valence-electron chi connectivity index (χ1n) is 10.5. The molecule has 0 saturated carbocycles. The molecule has 1 aliphatic heterocycles. The molecule has 3 aromatic rings. The van der Waals surface area contributed by atoms with Gasteiger partial charge in [-0.15, -0.1) is 5.10 Å². The fourth-order valence-corrected chi connectivity index (χ4v) is 4.03. The van der Waals surface area contributed by atoms with Gasteiger partial charge in [0.15, 0.2) is 0 Å². The lowest BCUT2D eigenvalue weighted by molar-refractivity contribution is 0.121. The summed E-state index contributed by atoms with van der Waals surface area (Å²) in [5, 5.41) is 4.92. The van der Waals surface area contributed by atoms with E-state index < -0.39 is 0 Å². The van der Waals surface area contributed by atoms with E-state index in [0.29, 0.717) is 26.4 Å². The summed E-state index contributed by atoms with van der Waals surface area (Å²) in [6, 6.07) is 18.5. The minimum absolute atomic E-state index is 0.606. The molecule has 0 radical (unpaired) electrons. The van der Waals surface area contributed by atoms with Crippen LogP contribution in [0.15, 0.2) is 54.6 Å². The molecule has 8 heteroatoms. The van der Waals surface area contributed by atoms with E-state index in [9.17, 15) is 0 Å². The summed E-state index contributed by atoms with van der Waals surface area (Å²) in [7, 11) is 3.76. The van der Waals surface area contributed by atoms with Crippen LogP contribution in [0, 0.1) is 4.77 Å². The second kappa shape index (κ2) is 10.1. The topological polar surface area (TPSA) is 47.7 Å². The van der Waals surface area contributed by atoms with Crippen molar-refractivity contribution in [3.05, 3.63) is 70.5 Å². The first kappa shape index (κ1) is 21.5. The van der Waals surface area contributed by atoms with Gasteiger partial charge in [0, 0.05) is 19.6 Å². The predicted molar refractivity (Wildman–Crippen MR) is 124 cm³/mol. The van der Waals surface area contributed by atoms with Crippen LogP contribution in [0.25, 0.3) is 0 Å². The van der Waals surface area contributed by atoms with Gasteiger partial charge < -0.3 is 14.4 Å². The number of ether oxygens (including phenoxy) is 2. The summed E-state index contributed by atoms with van der Waals surface area (Å²) < 4.78 is 15.7. The zero-order chi connectivity index (χ0) is 21.6. The molecule has 1 aromatic heterocycles. The Labute approximate surface area is 188 Å². The summed E-state index contributed by atoms with van der Waals surface area (Å²) in [6.45, 7) is 5.14. The summed E-state index contributed by atoms with van der Waals surface area (Å²) in [5.74, 6) is 1.77. The van der Waals surface area contributed by atoms with Crippen molar-refractivity contribution in [3.8, 4) is 5.75 Å². The van der Waals surface area contributed by atoms with Crippen LogP contribution in [0.4, 0.5) is 5.95 Å². The minimum Gasteiger partial charge on any atom is -0.497 e. The molecule has 1 saturated heterocycles. The average molecular weight is 440 g/mol. The Morgan fingerprint density at radius 3 is 2.55 bits per heavy atom. The van der Waals surface area contributed by atoms with Crippen molar-refractivity contribution in [3.63, 3.8) is 0 Å². The van der Waals surface area contributed by atoms with Gasteiger partial charge in [-0.1, -0.05) is 42.5 Å². The lowest BCUT2D eigenvalue weighted by atomic mass is 10.2. The van der Waals surface area contributed by atoms with Crippen molar-refractivity contribution in [2.75, 3.05) is 45.4 Å². The number of aromatic nitrogens is 3. The van der Waals surface area contributed by atoms with Crippen molar-refractivity contribution in [2.45, 2.75) is 19.8 Å². The summed E-state index contributed by atoms with van der Waals surface area (Å²) in [5.41, 5.74) is 2.39. The third-order valence-corrected chi connectivity index (χ3v) is 5.77. The van der Waals surface area contributed by atoms with Gasteiger partial charge in [0.1, 0.15) is 5.75 Å². The van der Waals surface area contributed by atoms with Gasteiger partial charge in [0.25, 0.3) is 0 Å². The lowest BCUT2D eigenvalue weighted by Gasteiger charge is -2.27. The molecule has 0 aliphatic carbocycles. The highest BCUT2D eigenvalue weighted by molar-refractivity contribution is 7.71. The highest BCUT2D eigenvalue weighted by atomic mass is 32.1. The Kier molecular flexibility index (Phi) is 7.01. The molecule has 0 spiro atoms. The monoisotopic (exact) mass is 439 g/mol. The Bertz CT molecular complexity index is 1040. The first-order chi connectivity index (χ1) is 15.1. The predicted octanol–water partition coefficient (Wildman–Crippen LogP) is 3.40. The molecule has 0 amide bonds. The van der Waals surface area contributed by atoms with Gasteiger partial charge in [-0.25, -0.2) is 4.68 Å². The molecule has 7 nitrogen and oxygen atoms in total. The Balaban J connectivity index is 1.57. The van der Waals surface area contributed by atoms with E-state index in [1.807, 2.05) is 22.9 Å². The number of hydrogen-bond acceptors (Lipinski definition) is 6. The maximum Gasteiger partial charge on any atom is 0.226 e. The number of hydrogen-bond donors (Lipinski definition) is 0. The van der Waals surface area contributed by atoms with Crippen LogP contribution in [-0.2, 0) is 24.5 Å². The highest BCUT2D eigenvalue weighted by Gasteiger charge is 2.20. The van der Waals surface area contributed by atoms with Crippen LogP contribution < -0.4 is 9.64 Å². The van der Waals surface area contributed by atoms with E-state index in [-0.39, 0.29) is 0 Å². The maximum atomic E-state index is 5.86. The molecule has 0 N–H and O–H groups in total. The Morgan fingerprint density at radius 1 is 1.06 bits per heavy atom. The molecule has 164 valence electrons. The Morgan fingerprint density at radius 2 is 1.81 bits per heavy atom. The van der Waals surface area contributed by atoms with E-state index in [0.717, 1.165) is 36.1 Å². The largest absolute Gasteiger partial charge is 0.497 e. The molecule has 2 aromatic carbocycles. The van der Waals surface area contributed by atoms with Crippen LogP contribution in [0.1, 0.15) is 11.1 Å². The standard InChI is InChI=1S/C23H29N5O2S/c1-25(16-20-9-6-10-21(15-20)29-2)18-28-23(31)27(17-19-7-4-3-5-8-19)22(24-28)26-11-13-30-14-12-26/h3-10,15H,11-14,16-18H2,1-2H3. The lowest BCUT2D eigenvalue weighted by Crippen LogP contribution is -2.38. The number of benzene rings is 2. The number of morpholine rings is 1. The zero-order valence-electron chi connectivity index (χ0n) is 18.1. The summed E-state index contributed by atoms with van der Waals surface area (Å²) in [6.07, 6.45) is 0. The molecule has 0 bridgehead atoms. The Hall–Kier alpha value is -2.68. The van der Waals surface area contributed by atoms with E-state index >= 15 is 0 Å². The number of anilines is 1. The molecule has 2 heterocycles. The third kappa shape index (κ3) is 5.33. The van der Waals surface area contributed by atoms with E-state index in [1.54, 1.807) is 7.11 Å². The third-order valence-electron chi connectivity index (χ3n) is 5.34. The molecule has 4 rings (SSSR count). The molecule has 1 fully saturated rings. The number of nitrogens with zero attached hydrogens (tertiary/aromatic N) is 5. The van der Waals surface area contributed by atoms with Crippen LogP contribution in [0.5, 0.6) is 5.75 Å². The molecule has 1 aliphatic rings. The molecule has 31 heavy (non-hydrogen) atoms. The number of methoxy groups -OCH3 is 1. The van der Waals surface area contributed by atoms with E-state index in [1.165, 1.54) is 11.1 Å². The molecule has 0 unspecified atom stereocenters.